The van der Waals surface area contributed by atoms with Crippen molar-refractivity contribution in [2.45, 2.75) is 106 Å². The molecule has 194 valence electrons. The van der Waals surface area contributed by atoms with Crippen LogP contribution in [0.2, 0.25) is 0 Å². The SMILES string of the molecule is O=C(N[C@H]1C[C@H]2CC[C@@H](C1)N2S(=O)(=O)[C@H]1CC[C@H](NCc2ccccc2)CC1)c1cc(C2CC2)on1. The van der Waals surface area contributed by atoms with E-state index in [1.807, 2.05) is 22.5 Å². The molecule has 2 saturated heterocycles. The van der Waals surface area contributed by atoms with Crippen LogP contribution in [0.4, 0.5) is 0 Å². The molecule has 2 aliphatic carbocycles. The largest absolute Gasteiger partial charge is 0.360 e. The van der Waals surface area contributed by atoms with Crippen LogP contribution in [0.25, 0.3) is 0 Å². The maximum atomic E-state index is 13.7. The van der Waals surface area contributed by atoms with E-state index >= 15 is 0 Å². The van der Waals surface area contributed by atoms with Crippen molar-refractivity contribution < 1.29 is 17.7 Å². The molecule has 2 N–H and O–H groups in total. The summed E-state index contributed by atoms with van der Waals surface area (Å²) in [6.45, 7) is 0.822. The fourth-order valence-corrected chi connectivity index (χ4v) is 8.90. The van der Waals surface area contributed by atoms with Crippen LogP contribution < -0.4 is 10.6 Å². The van der Waals surface area contributed by atoms with E-state index in [4.69, 9.17) is 4.52 Å². The molecule has 0 radical (unpaired) electrons. The first-order valence-corrected chi connectivity index (χ1v) is 15.0. The number of nitrogens with zero attached hydrogens (tertiary/aromatic N) is 2. The zero-order valence-electron chi connectivity index (χ0n) is 20.6. The van der Waals surface area contributed by atoms with Crippen molar-refractivity contribution in [3.63, 3.8) is 0 Å². The number of rotatable bonds is 8. The molecule has 0 spiro atoms. The van der Waals surface area contributed by atoms with E-state index in [1.165, 1.54) is 5.56 Å². The van der Waals surface area contributed by atoms with E-state index in [0.717, 1.165) is 50.8 Å². The molecule has 9 heteroatoms. The Morgan fingerprint density at radius 2 is 1.64 bits per heavy atom. The molecule has 2 saturated carbocycles. The molecule has 36 heavy (non-hydrogen) atoms. The minimum absolute atomic E-state index is 0.0210. The molecule has 8 nitrogen and oxygen atoms in total. The number of fused-ring (bicyclic) bond motifs is 2. The van der Waals surface area contributed by atoms with Gasteiger partial charge in [0.05, 0.1) is 5.25 Å². The summed E-state index contributed by atoms with van der Waals surface area (Å²) >= 11 is 0. The van der Waals surface area contributed by atoms with Gasteiger partial charge in [-0.05, 0) is 69.8 Å². The molecule has 1 aromatic heterocycles. The van der Waals surface area contributed by atoms with Crippen LogP contribution >= 0.6 is 0 Å². The second-order valence-electron chi connectivity index (χ2n) is 11.1. The van der Waals surface area contributed by atoms with Gasteiger partial charge in [-0.2, -0.15) is 4.31 Å². The second kappa shape index (κ2) is 9.91. The molecule has 6 rings (SSSR count). The lowest BCUT2D eigenvalue weighted by atomic mass is 9.95. The lowest BCUT2D eigenvalue weighted by molar-refractivity contribution is 0.0899. The van der Waals surface area contributed by atoms with Gasteiger partial charge in [-0.1, -0.05) is 35.5 Å². The molecule has 2 aromatic rings. The fourth-order valence-electron chi connectivity index (χ4n) is 6.48. The van der Waals surface area contributed by atoms with Crippen LogP contribution in [0, 0.1) is 0 Å². The van der Waals surface area contributed by atoms with Crippen molar-refractivity contribution in [3.05, 3.63) is 53.4 Å². The Hall–Kier alpha value is -2.23. The van der Waals surface area contributed by atoms with E-state index in [1.54, 1.807) is 6.07 Å². The molecule has 2 bridgehead atoms. The monoisotopic (exact) mass is 512 g/mol. The van der Waals surface area contributed by atoms with Gasteiger partial charge < -0.3 is 15.2 Å². The first-order valence-electron chi connectivity index (χ1n) is 13.5. The quantitative estimate of drug-likeness (QED) is 0.559. The smallest absolute Gasteiger partial charge is 0.273 e. The Kier molecular flexibility index (Phi) is 6.64. The van der Waals surface area contributed by atoms with E-state index < -0.39 is 10.0 Å². The summed E-state index contributed by atoms with van der Waals surface area (Å²) in [6, 6.07) is 12.4. The van der Waals surface area contributed by atoms with Gasteiger partial charge in [0.25, 0.3) is 5.91 Å². The number of nitrogens with one attached hydrogen (secondary N) is 2. The van der Waals surface area contributed by atoms with Crippen LogP contribution in [0.5, 0.6) is 0 Å². The van der Waals surface area contributed by atoms with Gasteiger partial charge in [-0.25, -0.2) is 8.42 Å². The maximum Gasteiger partial charge on any atom is 0.273 e. The van der Waals surface area contributed by atoms with Crippen molar-refractivity contribution in [1.82, 2.24) is 20.1 Å². The minimum Gasteiger partial charge on any atom is -0.360 e. The lowest BCUT2D eigenvalue weighted by Crippen LogP contribution is -2.55. The normalized spacial score (nSPS) is 30.8. The van der Waals surface area contributed by atoms with Gasteiger partial charge in [0.1, 0.15) is 5.76 Å². The van der Waals surface area contributed by atoms with E-state index in [2.05, 4.69) is 27.9 Å². The summed E-state index contributed by atoms with van der Waals surface area (Å²) < 4.78 is 34.6. The topological polar surface area (TPSA) is 105 Å². The summed E-state index contributed by atoms with van der Waals surface area (Å²) in [5.41, 5.74) is 1.59. The molecule has 1 amide bonds. The van der Waals surface area contributed by atoms with E-state index in [0.29, 0.717) is 43.3 Å². The third-order valence-corrected chi connectivity index (χ3v) is 11.1. The van der Waals surface area contributed by atoms with Gasteiger partial charge in [0.15, 0.2) is 5.69 Å². The highest BCUT2D eigenvalue weighted by Gasteiger charge is 2.49. The third kappa shape index (κ3) is 4.97. The number of aromatic nitrogens is 1. The van der Waals surface area contributed by atoms with Gasteiger partial charge in [-0.15, -0.1) is 0 Å². The number of piperidine rings is 1. The zero-order valence-corrected chi connectivity index (χ0v) is 21.5. The highest BCUT2D eigenvalue weighted by molar-refractivity contribution is 7.89. The number of amides is 1. The molecule has 3 heterocycles. The highest BCUT2D eigenvalue weighted by Crippen LogP contribution is 2.42. The Balaban J connectivity index is 1.02. The average Bonchev–Trinajstić information content (AvgIpc) is 3.54. The van der Waals surface area contributed by atoms with Gasteiger partial charge in [0, 0.05) is 42.7 Å². The second-order valence-corrected chi connectivity index (χ2v) is 13.2. The lowest BCUT2D eigenvalue weighted by Gasteiger charge is -2.41. The van der Waals surface area contributed by atoms with Crippen molar-refractivity contribution in [2.24, 2.45) is 0 Å². The summed E-state index contributed by atoms with van der Waals surface area (Å²) in [6.07, 6.45) is 8.47. The maximum absolute atomic E-state index is 13.7. The van der Waals surface area contributed by atoms with Crippen molar-refractivity contribution in [2.75, 3.05) is 0 Å². The van der Waals surface area contributed by atoms with Crippen LogP contribution in [0.3, 0.4) is 0 Å². The van der Waals surface area contributed by atoms with Crippen molar-refractivity contribution in [1.29, 1.82) is 0 Å². The Morgan fingerprint density at radius 1 is 0.944 bits per heavy atom. The first kappa shape index (κ1) is 24.1. The molecular formula is C27H36N4O4S. The standard InChI is InChI=1S/C27H36N4O4S/c32-27(25-16-26(35-30-25)19-6-7-19)29-21-14-22-10-11-23(15-21)31(22)36(33,34)24-12-8-20(9-13-24)28-17-18-4-2-1-3-5-18/h1-5,16,19-24,28H,6-15,17H2,(H,29,32)/t20-,21-,22+,23-,24-. The summed E-state index contributed by atoms with van der Waals surface area (Å²) in [4.78, 5) is 12.7. The van der Waals surface area contributed by atoms with Crippen molar-refractivity contribution >= 4 is 15.9 Å². The molecule has 1 aromatic carbocycles. The van der Waals surface area contributed by atoms with Gasteiger partial charge in [0.2, 0.25) is 10.0 Å². The predicted molar refractivity (Wildman–Crippen MR) is 136 cm³/mol. The van der Waals surface area contributed by atoms with Crippen LogP contribution in [0.15, 0.2) is 40.9 Å². The Labute approximate surface area is 213 Å². The van der Waals surface area contributed by atoms with Crippen LogP contribution in [-0.4, -0.2) is 53.2 Å². The molecule has 0 unspecified atom stereocenters. The minimum atomic E-state index is -3.35. The Bertz CT molecular complexity index is 1160. The summed E-state index contributed by atoms with van der Waals surface area (Å²) in [7, 11) is -3.35. The average molecular weight is 513 g/mol. The summed E-state index contributed by atoms with van der Waals surface area (Å²) in [5, 5.41) is 10.4. The third-order valence-electron chi connectivity index (χ3n) is 8.57. The van der Waals surface area contributed by atoms with Gasteiger partial charge in [-0.3, -0.25) is 4.79 Å². The van der Waals surface area contributed by atoms with Crippen LogP contribution in [-0.2, 0) is 16.6 Å². The Morgan fingerprint density at radius 3 is 2.31 bits per heavy atom. The number of hydrogen-bond donors (Lipinski definition) is 2. The predicted octanol–water partition coefficient (Wildman–Crippen LogP) is 3.71. The number of carbonyl (C=O) groups is 1. The van der Waals surface area contributed by atoms with E-state index in [9.17, 15) is 13.2 Å². The number of benzene rings is 1. The highest BCUT2D eigenvalue weighted by atomic mass is 32.2. The van der Waals surface area contributed by atoms with Gasteiger partial charge >= 0.3 is 0 Å². The first-order chi connectivity index (χ1) is 17.5. The van der Waals surface area contributed by atoms with Crippen molar-refractivity contribution in [3.8, 4) is 0 Å². The fraction of sp³-hybridized carbons (Fsp3) is 0.630. The van der Waals surface area contributed by atoms with Crippen LogP contribution in [0.1, 0.15) is 91.9 Å². The zero-order chi connectivity index (χ0) is 24.7. The molecular weight excluding hydrogens is 476 g/mol. The number of carbonyl (C=O) groups excluding carboxylic acids is 1. The number of hydrogen-bond acceptors (Lipinski definition) is 6. The molecule has 3 atom stereocenters. The molecule has 4 aliphatic rings. The summed E-state index contributed by atoms with van der Waals surface area (Å²) in [5.74, 6) is 0.997. The molecule has 2 aliphatic heterocycles. The van der Waals surface area contributed by atoms with E-state index in [-0.39, 0.29) is 29.3 Å². The number of sulfonamides is 1. The molecule has 4 fully saturated rings.